The second-order valence-electron chi connectivity index (χ2n) is 8.96. The summed E-state index contributed by atoms with van der Waals surface area (Å²) in [4.78, 5) is 11.9. The summed E-state index contributed by atoms with van der Waals surface area (Å²) in [5.74, 6) is -0.585. The maximum absolute atomic E-state index is 11.9. The summed E-state index contributed by atoms with van der Waals surface area (Å²) >= 11 is 0. The van der Waals surface area contributed by atoms with Gasteiger partial charge in [0.25, 0.3) is 0 Å². The van der Waals surface area contributed by atoms with Crippen molar-refractivity contribution in [2.75, 3.05) is 0 Å². The van der Waals surface area contributed by atoms with Gasteiger partial charge in [0.2, 0.25) is 0 Å². The van der Waals surface area contributed by atoms with E-state index in [1.165, 1.54) is 50.7 Å². The number of aliphatic hydroxyl groups is 4. The van der Waals surface area contributed by atoms with Gasteiger partial charge in [-0.15, -0.1) is 0 Å². The molecule has 5 atom stereocenters. The lowest BCUT2D eigenvalue weighted by Crippen LogP contribution is -2.24. The fourth-order valence-electron chi connectivity index (χ4n) is 4.04. The summed E-state index contributed by atoms with van der Waals surface area (Å²) in [6.45, 7) is 1.70. The average molecular weight is 429 g/mol. The van der Waals surface area contributed by atoms with Crippen molar-refractivity contribution in [2.45, 2.75) is 134 Å². The Morgan fingerprint density at radius 1 is 0.700 bits per heavy atom. The Morgan fingerprint density at radius 2 is 1.17 bits per heavy atom. The van der Waals surface area contributed by atoms with E-state index in [0.717, 1.165) is 25.7 Å². The Morgan fingerprint density at radius 3 is 1.70 bits per heavy atom. The fraction of sp³-hybridized carbons (Fsp3) is 0.875. The molecule has 176 valence electrons. The van der Waals surface area contributed by atoms with Crippen LogP contribution in [0.25, 0.3) is 0 Å². The number of hydrogen-bond donors (Lipinski definition) is 4. The lowest BCUT2D eigenvalue weighted by atomic mass is 10.00. The van der Waals surface area contributed by atoms with Crippen molar-refractivity contribution < 1.29 is 30.0 Å². The van der Waals surface area contributed by atoms with Gasteiger partial charge in [0.05, 0.1) is 24.4 Å². The maximum atomic E-state index is 11.9. The van der Waals surface area contributed by atoms with Gasteiger partial charge >= 0.3 is 5.97 Å². The van der Waals surface area contributed by atoms with Gasteiger partial charge in [-0.3, -0.25) is 0 Å². The Bertz CT molecular complexity index is 467. The maximum Gasteiger partial charge on any atom is 0.330 e. The zero-order valence-electron chi connectivity index (χ0n) is 18.8. The highest BCUT2D eigenvalue weighted by Crippen LogP contribution is 2.16. The molecule has 1 aliphatic heterocycles. The number of hydrogen-bond acceptors (Lipinski definition) is 6. The van der Waals surface area contributed by atoms with Crippen LogP contribution in [-0.4, -0.2) is 56.9 Å². The molecule has 0 fully saturated rings. The molecule has 0 aliphatic carbocycles. The second-order valence-corrected chi connectivity index (χ2v) is 8.96. The number of cyclic esters (lactones) is 1. The van der Waals surface area contributed by atoms with E-state index in [4.69, 9.17) is 4.74 Å². The molecule has 6 nitrogen and oxygen atoms in total. The molecule has 6 heteroatoms. The van der Waals surface area contributed by atoms with E-state index in [1.54, 1.807) is 6.92 Å². The average Bonchev–Trinajstić information content (AvgIpc) is 2.66. The van der Waals surface area contributed by atoms with Gasteiger partial charge in [0.1, 0.15) is 6.10 Å². The van der Waals surface area contributed by atoms with Crippen molar-refractivity contribution in [1.29, 1.82) is 0 Å². The highest BCUT2D eigenvalue weighted by atomic mass is 16.5. The molecule has 0 spiro atoms. The van der Waals surface area contributed by atoms with Crippen LogP contribution in [0.1, 0.15) is 103 Å². The number of carbonyl (C=O) groups is 1. The smallest absolute Gasteiger partial charge is 0.330 e. The van der Waals surface area contributed by atoms with Crippen LogP contribution in [0.2, 0.25) is 0 Å². The summed E-state index contributed by atoms with van der Waals surface area (Å²) in [7, 11) is 0. The van der Waals surface area contributed by atoms with Gasteiger partial charge in [-0.1, -0.05) is 64.2 Å². The van der Waals surface area contributed by atoms with Crippen LogP contribution >= 0.6 is 0 Å². The van der Waals surface area contributed by atoms with E-state index < -0.39 is 36.5 Å². The van der Waals surface area contributed by atoms with E-state index in [9.17, 15) is 25.2 Å². The molecule has 0 amide bonds. The first kappa shape index (κ1) is 27.1. The molecule has 0 bridgehead atoms. The Labute approximate surface area is 182 Å². The first-order valence-corrected chi connectivity index (χ1v) is 12.0. The molecule has 1 heterocycles. The predicted octanol–water partition coefficient (Wildman–Crippen LogP) is 3.78. The zero-order valence-corrected chi connectivity index (χ0v) is 18.8. The first-order valence-electron chi connectivity index (χ1n) is 12.0. The Balaban J connectivity index is 2.49. The summed E-state index contributed by atoms with van der Waals surface area (Å²) in [6, 6.07) is 0. The molecule has 0 unspecified atom stereocenters. The number of aliphatic hydroxyl groups excluding tert-OH is 4. The summed E-state index contributed by atoms with van der Waals surface area (Å²) in [5.41, 5.74) is 0. The molecular formula is C24H44O6. The van der Waals surface area contributed by atoms with Gasteiger partial charge in [-0.25, -0.2) is 4.79 Å². The Hall–Kier alpha value is -0.950. The first-order chi connectivity index (χ1) is 14.4. The third-order valence-electron chi connectivity index (χ3n) is 5.76. The van der Waals surface area contributed by atoms with E-state index in [-0.39, 0.29) is 19.3 Å². The molecule has 0 aromatic heterocycles. The monoisotopic (exact) mass is 428 g/mol. The number of esters is 1. The van der Waals surface area contributed by atoms with Crippen molar-refractivity contribution in [3.8, 4) is 0 Å². The highest BCUT2D eigenvalue weighted by Gasteiger charge is 2.17. The van der Waals surface area contributed by atoms with Crippen molar-refractivity contribution in [2.24, 2.45) is 0 Å². The summed E-state index contributed by atoms with van der Waals surface area (Å²) in [5, 5.41) is 40.3. The van der Waals surface area contributed by atoms with Crippen LogP contribution in [0.15, 0.2) is 12.2 Å². The quantitative estimate of drug-likeness (QED) is 0.437. The third kappa shape index (κ3) is 14.9. The highest BCUT2D eigenvalue weighted by molar-refractivity contribution is 5.82. The summed E-state index contributed by atoms with van der Waals surface area (Å²) < 4.78 is 5.23. The van der Waals surface area contributed by atoms with Crippen LogP contribution in [0, 0.1) is 0 Å². The van der Waals surface area contributed by atoms with Crippen molar-refractivity contribution in [3.63, 3.8) is 0 Å². The van der Waals surface area contributed by atoms with Crippen molar-refractivity contribution >= 4 is 5.97 Å². The van der Waals surface area contributed by atoms with Crippen LogP contribution in [0.5, 0.6) is 0 Å². The van der Waals surface area contributed by atoms with Gasteiger partial charge in [0.15, 0.2) is 0 Å². The molecule has 0 aromatic carbocycles. The molecule has 0 aromatic rings. The number of rotatable bonds is 0. The van der Waals surface area contributed by atoms with Crippen LogP contribution < -0.4 is 0 Å². The standard InChI is InChI=1S/C24H44O6/c1-19-16-23(28)18-21(26)13-11-9-7-5-3-2-4-6-8-10-12-20(25)17-22(27)14-15-24(29)30-19/h14-15,19-23,25-28H,2-13,16-18H2,1H3/b15-14+/t19-,20+,21+,22-,23+/m1/s1. The normalized spacial score (nSPS) is 34.4. The van der Waals surface area contributed by atoms with Gasteiger partial charge in [-0.05, 0) is 32.3 Å². The molecule has 0 saturated carbocycles. The molecular weight excluding hydrogens is 384 g/mol. The van der Waals surface area contributed by atoms with Crippen molar-refractivity contribution in [1.82, 2.24) is 0 Å². The van der Waals surface area contributed by atoms with Gasteiger partial charge in [0, 0.05) is 18.9 Å². The molecule has 0 saturated heterocycles. The topological polar surface area (TPSA) is 107 Å². The molecule has 0 radical (unpaired) electrons. The minimum absolute atomic E-state index is 0.204. The Kier molecular flexibility index (Phi) is 15.1. The fourth-order valence-corrected chi connectivity index (χ4v) is 4.04. The summed E-state index contributed by atoms with van der Waals surface area (Å²) in [6.07, 6.45) is 12.8. The third-order valence-corrected chi connectivity index (χ3v) is 5.76. The van der Waals surface area contributed by atoms with Gasteiger partial charge in [-0.2, -0.15) is 0 Å². The predicted molar refractivity (Wildman–Crippen MR) is 118 cm³/mol. The molecule has 1 rings (SSSR count). The molecule has 30 heavy (non-hydrogen) atoms. The van der Waals surface area contributed by atoms with Gasteiger partial charge < -0.3 is 25.2 Å². The largest absolute Gasteiger partial charge is 0.459 e. The number of ether oxygens (including phenoxy) is 1. The van der Waals surface area contributed by atoms with Crippen molar-refractivity contribution in [3.05, 3.63) is 12.2 Å². The van der Waals surface area contributed by atoms with Crippen LogP contribution in [0.3, 0.4) is 0 Å². The van der Waals surface area contributed by atoms with E-state index in [1.807, 2.05) is 0 Å². The number of carbonyl (C=O) groups excluding carboxylic acids is 1. The minimum atomic E-state index is -0.894. The van der Waals surface area contributed by atoms with Crippen LogP contribution in [-0.2, 0) is 9.53 Å². The van der Waals surface area contributed by atoms with E-state index >= 15 is 0 Å². The minimum Gasteiger partial charge on any atom is -0.459 e. The second kappa shape index (κ2) is 16.7. The van der Waals surface area contributed by atoms with Crippen LogP contribution in [0.4, 0.5) is 0 Å². The van der Waals surface area contributed by atoms with E-state index in [0.29, 0.717) is 12.8 Å². The zero-order chi connectivity index (χ0) is 22.2. The lowest BCUT2D eigenvalue weighted by Gasteiger charge is -2.19. The molecule has 4 N–H and O–H groups in total. The van der Waals surface area contributed by atoms with E-state index in [2.05, 4.69) is 0 Å². The lowest BCUT2D eigenvalue weighted by molar-refractivity contribution is -0.143. The molecule has 1 aliphatic rings. The SMILES string of the molecule is C[C@@H]1C[C@H](O)C[C@@H](O)CCCCCCCCCCCC[C@H](O)C[C@H](O)/C=C/C(=O)O1.